The first-order valence-electron chi connectivity index (χ1n) is 9.86. The summed E-state index contributed by atoms with van der Waals surface area (Å²) in [5.41, 5.74) is 3.56. The number of carbonyl (C=O) groups is 2. The molecule has 4 rings (SSSR count). The van der Waals surface area contributed by atoms with E-state index in [0.29, 0.717) is 33.4 Å². The average Bonchev–Trinajstić information content (AvgIpc) is 2.91. The minimum atomic E-state index is -0.326. The van der Waals surface area contributed by atoms with Crippen LogP contribution >= 0.6 is 35.6 Å². The van der Waals surface area contributed by atoms with Gasteiger partial charge in [-0.2, -0.15) is 0 Å². The van der Waals surface area contributed by atoms with Gasteiger partial charge in [-0.05, 0) is 61.1 Å². The Labute approximate surface area is 203 Å². The van der Waals surface area contributed by atoms with Crippen LogP contribution in [0.3, 0.4) is 0 Å². The summed E-state index contributed by atoms with van der Waals surface area (Å²) >= 11 is 11.9. The van der Waals surface area contributed by atoms with Gasteiger partial charge in [-0.3, -0.25) is 9.59 Å². The lowest BCUT2D eigenvalue weighted by molar-refractivity contribution is 0.0984. The van der Waals surface area contributed by atoms with Crippen molar-refractivity contribution in [2.45, 2.75) is 6.54 Å². The standard InChI is InChI=1S/C24H21Cl2N3O2.ClH/c1-28-10-11-29(22-5-3-2-4-17(22)15-28)24(31)16-6-8-21(9-7-16)27-23(30)18-12-19(25)14-20(26)13-18;/h2-9,12-14H,10-11,15H2,1H3,(H,27,30);1H. The Kier molecular flexibility index (Phi) is 7.80. The van der Waals surface area contributed by atoms with Gasteiger partial charge in [0.25, 0.3) is 11.8 Å². The van der Waals surface area contributed by atoms with Crippen molar-refractivity contribution >= 4 is 58.8 Å². The van der Waals surface area contributed by atoms with Crippen LogP contribution < -0.4 is 10.2 Å². The number of halogens is 3. The number of hydrogen-bond donors (Lipinski definition) is 1. The normalized spacial score (nSPS) is 13.5. The van der Waals surface area contributed by atoms with Crippen molar-refractivity contribution in [3.8, 4) is 0 Å². The van der Waals surface area contributed by atoms with E-state index in [1.54, 1.807) is 42.5 Å². The molecule has 0 spiro atoms. The molecule has 8 heteroatoms. The number of likely N-dealkylation sites (N-methyl/N-ethyl adjacent to an activating group) is 1. The Morgan fingerprint density at radius 2 is 1.53 bits per heavy atom. The van der Waals surface area contributed by atoms with Crippen LogP contribution in [0, 0.1) is 0 Å². The third-order valence-corrected chi connectivity index (χ3v) is 5.62. The lowest BCUT2D eigenvalue weighted by atomic mass is 10.1. The van der Waals surface area contributed by atoms with Crippen LogP contribution in [-0.4, -0.2) is 36.9 Å². The van der Waals surface area contributed by atoms with Crippen molar-refractivity contribution in [3.05, 3.63) is 93.5 Å². The summed E-state index contributed by atoms with van der Waals surface area (Å²) in [5.74, 6) is -0.393. The second kappa shape index (κ2) is 10.4. The van der Waals surface area contributed by atoms with Gasteiger partial charge < -0.3 is 15.1 Å². The van der Waals surface area contributed by atoms with Crippen molar-refractivity contribution < 1.29 is 9.59 Å². The number of hydrogen-bond acceptors (Lipinski definition) is 3. The van der Waals surface area contributed by atoms with E-state index in [4.69, 9.17) is 23.2 Å². The molecule has 1 N–H and O–H groups in total. The number of nitrogens with one attached hydrogen (secondary N) is 1. The molecule has 32 heavy (non-hydrogen) atoms. The van der Waals surface area contributed by atoms with Gasteiger partial charge in [0.1, 0.15) is 0 Å². The number of nitrogens with zero attached hydrogens (tertiary/aromatic N) is 2. The molecule has 2 amide bonds. The van der Waals surface area contributed by atoms with E-state index >= 15 is 0 Å². The molecular weight excluding hydrogens is 469 g/mol. The summed E-state index contributed by atoms with van der Waals surface area (Å²) in [6.07, 6.45) is 0. The summed E-state index contributed by atoms with van der Waals surface area (Å²) in [7, 11) is 2.05. The Morgan fingerprint density at radius 1 is 0.875 bits per heavy atom. The molecule has 3 aromatic rings. The van der Waals surface area contributed by atoms with Crippen LogP contribution in [-0.2, 0) is 6.54 Å². The monoisotopic (exact) mass is 489 g/mol. The molecule has 0 atom stereocenters. The van der Waals surface area contributed by atoms with Crippen molar-refractivity contribution in [2.24, 2.45) is 0 Å². The van der Waals surface area contributed by atoms with Crippen LogP contribution in [0.1, 0.15) is 26.3 Å². The molecule has 0 radical (unpaired) electrons. The molecule has 5 nitrogen and oxygen atoms in total. The minimum absolute atomic E-state index is 0. The molecule has 0 unspecified atom stereocenters. The Balaban J connectivity index is 0.00000289. The number of fused-ring (bicyclic) bond motifs is 1. The fourth-order valence-corrected chi connectivity index (χ4v) is 4.15. The zero-order valence-corrected chi connectivity index (χ0v) is 19.7. The Bertz CT molecular complexity index is 1120. The fraction of sp³-hybridized carbons (Fsp3) is 0.167. The van der Waals surface area contributed by atoms with Gasteiger partial charge in [0.05, 0.1) is 0 Å². The maximum absolute atomic E-state index is 13.2. The summed E-state index contributed by atoms with van der Waals surface area (Å²) in [6.45, 7) is 2.20. The van der Waals surface area contributed by atoms with Crippen molar-refractivity contribution in [2.75, 3.05) is 30.4 Å². The van der Waals surface area contributed by atoms with Crippen LogP contribution in [0.5, 0.6) is 0 Å². The number of benzene rings is 3. The Morgan fingerprint density at radius 3 is 2.22 bits per heavy atom. The first-order valence-corrected chi connectivity index (χ1v) is 10.6. The zero-order chi connectivity index (χ0) is 22.0. The van der Waals surface area contributed by atoms with E-state index in [2.05, 4.69) is 23.3 Å². The second-order valence-electron chi connectivity index (χ2n) is 7.51. The minimum Gasteiger partial charge on any atom is -0.322 e. The molecule has 0 aliphatic carbocycles. The first kappa shape index (κ1) is 24.1. The highest BCUT2D eigenvalue weighted by atomic mass is 35.5. The highest BCUT2D eigenvalue weighted by Crippen LogP contribution is 2.26. The van der Waals surface area contributed by atoms with E-state index in [0.717, 1.165) is 24.3 Å². The smallest absolute Gasteiger partial charge is 0.258 e. The molecule has 0 saturated carbocycles. The van der Waals surface area contributed by atoms with Crippen LogP contribution in [0.15, 0.2) is 66.7 Å². The molecule has 166 valence electrons. The van der Waals surface area contributed by atoms with Gasteiger partial charge in [0, 0.05) is 52.2 Å². The molecule has 0 aromatic heterocycles. The molecule has 0 saturated heterocycles. The zero-order valence-electron chi connectivity index (χ0n) is 17.3. The Hall–Kier alpha value is -2.57. The quantitative estimate of drug-likeness (QED) is 0.508. The second-order valence-corrected chi connectivity index (χ2v) is 8.39. The molecular formula is C24H22Cl3N3O2. The van der Waals surface area contributed by atoms with Gasteiger partial charge in [-0.1, -0.05) is 41.4 Å². The van der Waals surface area contributed by atoms with Gasteiger partial charge in [0.2, 0.25) is 0 Å². The van der Waals surface area contributed by atoms with E-state index in [1.807, 2.05) is 23.1 Å². The van der Waals surface area contributed by atoms with E-state index in [9.17, 15) is 9.59 Å². The predicted molar refractivity (Wildman–Crippen MR) is 133 cm³/mol. The SMILES string of the molecule is CN1CCN(C(=O)c2ccc(NC(=O)c3cc(Cl)cc(Cl)c3)cc2)c2ccccc2C1.Cl. The summed E-state index contributed by atoms with van der Waals surface area (Å²) in [5, 5.41) is 3.58. The third-order valence-electron chi connectivity index (χ3n) is 5.19. The first-order chi connectivity index (χ1) is 14.9. The third kappa shape index (κ3) is 5.43. The van der Waals surface area contributed by atoms with E-state index < -0.39 is 0 Å². The van der Waals surface area contributed by atoms with Gasteiger partial charge in [0.15, 0.2) is 0 Å². The summed E-state index contributed by atoms with van der Waals surface area (Å²) in [4.78, 5) is 29.7. The highest BCUT2D eigenvalue weighted by molar-refractivity contribution is 6.35. The van der Waals surface area contributed by atoms with Crippen LogP contribution in [0.4, 0.5) is 11.4 Å². The molecule has 3 aromatic carbocycles. The molecule has 1 aliphatic rings. The van der Waals surface area contributed by atoms with Crippen LogP contribution in [0.25, 0.3) is 0 Å². The van der Waals surface area contributed by atoms with Gasteiger partial charge in [-0.25, -0.2) is 0 Å². The van der Waals surface area contributed by atoms with Crippen molar-refractivity contribution in [1.82, 2.24) is 4.90 Å². The fourth-order valence-electron chi connectivity index (χ4n) is 3.62. The molecule has 0 bridgehead atoms. The van der Waals surface area contributed by atoms with E-state index in [1.165, 1.54) is 0 Å². The van der Waals surface area contributed by atoms with Gasteiger partial charge >= 0.3 is 0 Å². The van der Waals surface area contributed by atoms with Crippen LogP contribution in [0.2, 0.25) is 10.0 Å². The molecule has 1 heterocycles. The number of carbonyl (C=O) groups excluding carboxylic acids is 2. The number of amides is 2. The predicted octanol–water partition coefficient (Wildman–Crippen LogP) is 5.76. The number of para-hydroxylation sites is 1. The maximum atomic E-state index is 13.2. The maximum Gasteiger partial charge on any atom is 0.258 e. The highest BCUT2D eigenvalue weighted by Gasteiger charge is 2.23. The largest absolute Gasteiger partial charge is 0.322 e. The molecule has 0 fully saturated rings. The lowest BCUT2D eigenvalue weighted by Gasteiger charge is -2.23. The number of rotatable bonds is 3. The van der Waals surface area contributed by atoms with Crippen molar-refractivity contribution in [3.63, 3.8) is 0 Å². The topological polar surface area (TPSA) is 52.6 Å². The summed E-state index contributed by atoms with van der Waals surface area (Å²) < 4.78 is 0. The van der Waals surface area contributed by atoms with E-state index in [-0.39, 0.29) is 24.2 Å². The number of anilines is 2. The van der Waals surface area contributed by atoms with Crippen molar-refractivity contribution in [1.29, 1.82) is 0 Å². The average molecular weight is 491 g/mol. The lowest BCUT2D eigenvalue weighted by Crippen LogP contribution is -2.35. The van der Waals surface area contributed by atoms with Gasteiger partial charge in [-0.15, -0.1) is 12.4 Å². The molecule has 1 aliphatic heterocycles. The summed E-state index contributed by atoms with van der Waals surface area (Å²) in [6, 6.07) is 19.5.